The van der Waals surface area contributed by atoms with Crippen molar-refractivity contribution in [1.82, 2.24) is 15.1 Å². The summed E-state index contributed by atoms with van der Waals surface area (Å²) in [6.45, 7) is 0. The zero-order valence-electron chi connectivity index (χ0n) is 8.57. The van der Waals surface area contributed by atoms with Crippen molar-refractivity contribution < 1.29 is 0 Å². The lowest BCUT2D eigenvalue weighted by atomic mass is 10.1. The van der Waals surface area contributed by atoms with Crippen LogP contribution in [0.15, 0.2) is 28.3 Å². The summed E-state index contributed by atoms with van der Waals surface area (Å²) in [6, 6.07) is 2.29. The van der Waals surface area contributed by atoms with E-state index in [1.165, 1.54) is 10.4 Å². The third-order valence-electron chi connectivity index (χ3n) is 2.25. The minimum atomic E-state index is 0.216. The molecule has 0 saturated heterocycles. The normalized spacial score (nSPS) is 13.0. The molecule has 5 heteroatoms. The van der Waals surface area contributed by atoms with Crippen LogP contribution in [-0.4, -0.2) is 16.8 Å². The lowest BCUT2D eigenvalue weighted by Gasteiger charge is -2.13. The Labute approximate surface area is 101 Å². The second-order valence-electron chi connectivity index (χ2n) is 3.30. The van der Waals surface area contributed by atoms with Crippen LogP contribution in [0, 0.1) is 0 Å². The third kappa shape index (κ3) is 2.14. The minimum Gasteiger partial charge on any atom is -0.309 e. The highest BCUT2D eigenvalue weighted by Crippen LogP contribution is 2.32. The average Bonchev–Trinajstić information content (AvgIpc) is 2.79. The fourth-order valence-electron chi connectivity index (χ4n) is 1.55. The van der Waals surface area contributed by atoms with E-state index in [0.29, 0.717) is 0 Å². The Morgan fingerprint density at radius 3 is 2.87 bits per heavy atom. The molecule has 2 rings (SSSR count). The van der Waals surface area contributed by atoms with E-state index >= 15 is 0 Å². The Hall–Kier alpha value is -0.650. The quantitative estimate of drug-likeness (QED) is 0.939. The molecule has 2 aromatic heterocycles. The van der Waals surface area contributed by atoms with Crippen LogP contribution in [0.5, 0.6) is 0 Å². The van der Waals surface area contributed by atoms with Crippen LogP contribution in [0.25, 0.3) is 0 Å². The van der Waals surface area contributed by atoms with E-state index < -0.39 is 0 Å². The first-order valence-corrected chi connectivity index (χ1v) is 6.28. The van der Waals surface area contributed by atoms with E-state index in [1.807, 2.05) is 31.2 Å². The second-order valence-corrected chi connectivity index (χ2v) is 5.10. The number of halogens is 1. The number of hydrogen-bond donors (Lipinski definition) is 1. The SMILES string of the molecule is CNC(c1cnn(C)c1)c1sccc1Br. The Balaban J connectivity index is 2.36. The molecule has 2 aromatic rings. The lowest BCUT2D eigenvalue weighted by Crippen LogP contribution is -2.16. The largest absolute Gasteiger partial charge is 0.309 e. The molecule has 1 unspecified atom stereocenters. The molecule has 15 heavy (non-hydrogen) atoms. The van der Waals surface area contributed by atoms with Crippen molar-refractivity contribution in [3.63, 3.8) is 0 Å². The van der Waals surface area contributed by atoms with Gasteiger partial charge in [-0.05, 0) is 34.4 Å². The molecule has 0 saturated carbocycles. The van der Waals surface area contributed by atoms with E-state index in [1.54, 1.807) is 11.3 Å². The van der Waals surface area contributed by atoms with Crippen molar-refractivity contribution >= 4 is 27.3 Å². The van der Waals surface area contributed by atoms with Crippen molar-refractivity contribution in [3.8, 4) is 0 Å². The lowest BCUT2D eigenvalue weighted by molar-refractivity contribution is 0.698. The zero-order chi connectivity index (χ0) is 10.8. The van der Waals surface area contributed by atoms with Crippen molar-refractivity contribution in [2.75, 3.05) is 7.05 Å². The molecule has 0 aliphatic carbocycles. The van der Waals surface area contributed by atoms with Gasteiger partial charge in [0.2, 0.25) is 0 Å². The molecule has 0 aromatic carbocycles. The number of aryl methyl sites for hydroxylation is 1. The summed E-state index contributed by atoms with van der Waals surface area (Å²) in [4.78, 5) is 1.28. The standard InChI is InChI=1S/C10H12BrN3S/c1-12-9(7-5-13-14(2)6-7)10-8(11)3-4-15-10/h3-6,9,12H,1-2H3. The summed E-state index contributed by atoms with van der Waals surface area (Å²) in [5.41, 5.74) is 1.18. The highest BCUT2D eigenvalue weighted by atomic mass is 79.9. The molecular formula is C10H12BrN3S. The van der Waals surface area contributed by atoms with E-state index in [2.05, 4.69) is 37.8 Å². The van der Waals surface area contributed by atoms with Gasteiger partial charge in [-0.25, -0.2) is 0 Å². The van der Waals surface area contributed by atoms with Gasteiger partial charge < -0.3 is 5.32 Å². The van der Waals surface area contributed by atoms with Gasteiger partial charge in [0.25, 0.3) is 0 Å². The fraction of sp³-hybridized carbons (Fsp3) is 0.300. The molecule has 2 heterocycles. The van der Waals surface area contributed by atoms with Gasteiger partial charge in [-0.1, -0.05) is 0 Å². The van der Waals surface area contributed by atoms with E-state index in [0.717, 1.165) is 4.47 Å². The molecule has 0 spiro atoms. The van der Waals surface area contributed by atoms with Gasteiger partial charge in [0.1, 0.15) is 0 Å². The van der Waals surface area contributed by atoms with Crippen LogP contribution in [0.2, 0.25) is 0 Å². The second kappa shape index (κ2) is 4.47. The maximum atomic E-state index is 4.19. The number of aromatic nitrogens is 2. The maximum absolute atomic E-state index is 4.19. The number of thiophene rings is 1. The van der Waals surface area contributed by atoms with Crippen molar-refractivity contribution in [3.05, 3.63) is 38.8 Å². The smallest absolute Gasteiger partial charge is 0.0710 e. The van der Waals surface area contributed by atoms with Gasteiger partial charge in [0.15, 0.2) is 0 Å². The van der Waals surface area contributed by atoms with E-state index in [4.69, 9.17) is 0 Å². The summed E-state index contributed by atoms with van der Waals surface area (Å²) in [6.07, 6.45) is 3.93. The molecular weight excluding hydrogens is 274 g/mol. The number of hydrogen-bond acceptors (Lipinski definition) is 3. The predicted molar refractivity (Wildman–Crippen MR) is 66.1 cm³/mol. The Kier molecular flexibility index (Phi) is 3.23. The molecule has 0 aliphatic rings. The first kappa shape index (κ1) is 10.9. The summed E-state index contributed by atoms with van der Waals surface area (Å²) in [5, 5.41) is 9.58. The van der Waals surface area contributed by atoms with Crippen LogP contribution in [0.3, 0.4) is 0 Å². The summed E-state index contributed by atoms with van der Waals surface area (Å²) in [7, 11) is 3.89. The van der Waals surface area contributed by atoms with Crippen molar-refractivity contribution in [2.24, 2.45) is 7.05 Å². The Morgan fingerprint density at radius 1 is 1.60 bits per heavy atom. The molecule has 0 bridgehead atoms. The van der Waals surface area contributed by atoms with Gasteiger partial charge in [-0.3, -0.25) is 4.68 Å². The van der Waals surface area contributed by atoms with Crippen LogP contribution in [0.1, 0.15) is 16.5 Å². The number of nitrogens with zero attached hydrogens (tertiary/aromatic N) is 2. The van der Waals surface area contributed by atoms with Crippen LogP contribution >= 0.6 is 27.3 Å². The highest BCUT2D eigenvalue weighted by molar-refractivity contribution is 9.10. The molecule has 0 amide bonds. The maximum Gasteiger partial charge on any atom is 0.0710 e. The molecule has 0 radical (unpaired) electrons. The van der Waals surface area contributed by atoms with Crippen LogP contribution in [0.4, 0.5) is 0 Å². The zero-order valence-corrected chi connectivity index (χ0v) is 11.0. The average molecular weight is 286 g/mol. The Bertz CT molecular complexity index is 449. The molecule has 0 aliphatic heterocycles. The van der Waals surface area contributed by atoms with Crippen LogP contribution in [-0.2, 0) is 7.05 Å². The fourth-order valence-corrected chi connectivity index (χ4v) is 3.29. The topological polar surface area (TPSA) is 29.9 Å². The summed E-state index contributed by atoms with van der Waals surface area (Å²) >= 11 is 5.29. The minimum absolute atomic E-state index is 0.216. The molecule has 3 nitrogen and oxygen atoms in total. The van der Waals surface area contributed by atoms with Gasteiger partial charge in [0, 0.05) is 28.2 Å². The molecule has 1 atom stereocenters. The first-order chi connectivity index (χ1) is 7.22. The molecule has 1 N–H and O–H groups in total. The summed E-state index contributed by atoms with van der Waals surface area (Å²) in [5.74, 6) is 0. The predicted octanol–water partition coefficient (Wildman–Crippen LogP) is 2.55. The Morgan fingerprint density at radius 2 is 2.40 bits per heavy atom. The van der Waals surface area contributed by atoms with Gasteiger partial charge in [-0.2, -0.15) is 5.10 Å². The van der Waals surface area contributed by atoms with Gasteiger partial charge in [0.05, 0.1) is 12.2 Å². The number of rotatable bonds is 3. The highest BCUT2D eigenvalue weighted by Gasteiger charge is 2.17. The van der Waals surface area contributed by atoms with Gasteiger partial charge >= 0.3 is 0 Å². The number of nitrogens with one attached hydrogen (secondary N) is 1. The first-order valence-electron chi connectivity index (χ1n) is 4.61. The molecule has 80 valence electrons. The van der Waals surface area contributed by atoms with Gasteiger partial charge in [-0.15, -0.1) is 11.3 Å². The van der Waals surface area contributed by atoms with Crippen LogP contribution < -0.4 is 5.32 Å². The van der Waals surface area contributed by atoms with E-state index in [9.17, 15) is 0 Å². The monoisotopic (exact) mass is 285 g/mol. The third-order valence-corrected chi connectivity index (χ3v) is 4.19. The van der Waals surface area contributed by atoms with Crippen molar-refractivity contribution in [1.29, 1.82) is 0 Å². The van der Waals surface area contributed by atoms with E-state index in [-0.39, 0.29) is 6.04 Å². The van der Waals surface area contributed by atoms with Crippen molar-refractivity contribution in [2.45, 2.75) is 6.04 Å². The molecule has 0 fully saturated rings. The summed E-state index contributed by atoms with van der Waals surface area (Å²) < 4.78 is 2.97.